The Kier molecular flexibility index (Phi) is 4.45. The molecular weight excluding hydrogens is 204 g/mol. The first-order chi connectivity index (χ1) is 7.61. The molecule has 0 radical (unpaired) electrons. The minimum Gasteiger partial charge on any atom is -0.481 e. The standard InChI is InChI=1S/C13H14O3/c1-2-12(14)9-11-5-3-10(4-6-11)7-8-13(15)16/h2-6H,1,7-9H2,(H,15,16). The van der Waals surface area contributed by atoms with Crippen LogP contribution in [0.5, 0.6) is 0 Å². The van der Waals surface area contributed by atoms with Crippen LogP contribution in [-0.4, -0.2) is 16.9 Å². The first-order valence-corrected chi connectivity index (χ1v) is 5.06. The van der Waals surface area contributed by atoms with Gasteiger partial charge < -0.3 is 5.11 Å². The summed E-state index contributed by atoms with van der Waals surface area (Å²) in [5.74, 6) is -0.816. The fourth-order valence-electron chi connectivity index (χ4n) is 1.35. The largest absolute Gasteiger partial charge is 0.481 e. The van der Waals surface area contributed by atoms with E-state index in [1.54, 1.807) is 0 Å². The van der Waals surface area contributed by atoms with Gasteiger partial charge in [0.25, 0.3) is 0 Å². The maximum absolute atomic E-state index is 11.1. The molecule has 0 spiro atoms. The van der Waals surface area contributed by atoms with Gasteiger partial charge in [-0.1, -0.05) is 30.8 Å². The molecule has 1 N–H and O–H groups in total. The predicted octanol–water partition coefficient (Wildman–Crippen LogP) is 2.00. The molecule has 0 saturated carbocycles. The molecule has 0 aliphatic rings. The third kappa shape index (κ3) is 4.09. The number of ketones is 1. The van der Waals surface area contributed by atoms with Crippen LogP contribution < -0.4 is 0 Å². The first-order valence-electron chi connectivity index (χ1n) is 5.06. The van der Waals surface area contributed by atoms with Crippen LogP contribution >= 0.6 is 0 Å². The molecule has 0 heterocycles. The van der Waals surface area contributed by atoms with Gasteiger partial charge in [-0.25, -0.2) is 0 Å². The van der Waals surface area contributed by atoms with Crippen molar-refractivity contribution >= 4 is 11.8 Å². The van der Waals surface area contributed by atoms with Crippen molar-refractivity contribution in [2.75, 3.05) is 0 Å². The van der Waals surface area contributed by atoms with Gasteiger partial charge in [0.05, 0.1) is 0 Å². The molecule has 0 aliphatic heterocycles. The van der Waals surface area contributed by atoms with Crippen LogP contribution in [0.15, 0.2) is 36.9 Å². The summed E-state index contributed by atoms with van der Waals surface area (Å²) < 4.78 is 0. The van der Waals surface area contributed by atoms with Crippen LogP contribution in [0, 0.1) is 0 Å². The van der Waals surface area contributed by atoms with E-state index >= 15 is 0 Å². The lowest BCUT2D eigenvalue weighted by Crippen LogP contribution is -1.99. The first kappa shape index (κ1) is 12.2. The Morgan fingerprint density at radius 1 is 1.19 bits per heavy atom. The summed E-state index contributed by atoms with van der Waals surface area (Å²) in [6.45, 7) is 3.41. The van der Waals surface area contributed by atoms with Gasteiger partial charge in [-0.3, -0.25) is 9.59 Å². The molecule has 0 fully saturated rings. The Hall–Kier alpha value is -1.90. The van der Waals surface area contributed by atoms with Crippen molar-refractivity contribution in [2.24, 2.45) is 0 Å². The molecule has 1 rings (SSSR count). The molecule has 3 nitrogen and oxygen atoms in total. The predicted molar refractivity (Wildman–Crippen MR) is 61.3 cm³/mol. The lowest BCUT2D eigenvalue weighted by molar-refractivity contribution is -0.137. The third-order valence-electron chi connectivity index (χ3n) is 2.26. The smallest absolute Gasteiger partial charge is 0.303 e. The molecular formula is C13H14O3. The summed E-state index contributed by atoms with van der Waals surface area (Å²) in [5.41, 5.74) is 1.89. The van der Waals surface area contributed by atoms with Crippen LogP contribution in [0.4, 0.5) is 0 Å². The van der Waals surface area contributed by atoms with Gasteiger partial charge in [-0.05, 0) is 23.6 Å². The molecule has 0 bridgehead atoms. The van der Waals surface area contributed by atoms with Crippen LogP contribution in [-0.2, 0) is 22.4 Å². The molecule has 84 valence electrons. The summed E-state index contributed by atoms with van der Waals surface area (Å²) in [6, 6.07) is 7.40. The lowest BCUT2D eigenvalue weighted by atomic mass is 10.0. The van der Waals surface area contributed by atoms with Crippen molar-refractivity contribution < 1.29 is 14.7 Å². The number of rotatable bonds is 6. The number of benzene rings is 1. The zero-order valence-corrected chi connectivity index (χ0v) is 8.98. The van der Waals surface area contributed by atoms with Crippen molar-refractivity contribution in [1.82, 2.24) is 0 Å². The number of aryl methyl sites for hydroxylation is 1. The normalized spacial score (nSPS) is 9.75. The number of carbonyl (C=O) groups excluding carboxylic acids is 1. The highest BCUT2D eigenvalue weighted by Gasteiger charge is 2.01. The zero-order chi connectivity index (χ0) is 12.0. The van der Waals surface area contributed by atoms with Crippen LogP contribution in [0.1, 0.15) is 17.5 Å². The monoisotopic (exact) mass is 218 g/mol. The fraction of sp³-hybridized carbons (Fsp3) is 0.231. The second-order valence-electron chi connectivity index (χ2n) is 3.56. The molecule has 0 aliphatic carbocycles. The molecule has 0 aromatic heterocycles. The molecule has 0 atom stereocenters. The highest BCUT2D eigenvalue weighted by atomic mass is 16.4. The second-order valence-corrected chi connectivity index (χ2v) is 3.56. The Bertz CT molecular complexity index is 390. The van der Waals surface area contributed by atoms with E-state index in [1.807, 2.05) is 24.3 Å². The van der Waals surface area contributed by atoms with Crippen molar-refractivity contribution in [3.63, 3.8) is 0 Å². The highest BCUT2D eigenvalue weighted by molar-refractivity contribution is 5.90. The minimum atomic E-state index is -0.800. The average molecular weight is 218 g/mol. The third-order valence-corrected chi connectivity index (χ3v) is 2.26. The van der Waals surface area contributed by atoms with Gasteiger partial charge >= 0.3 is 5.97 Å². The van der Waals surface area contributed by atoms with Gasteiger partial charge in [-0.2, -0.15) is 0 Å². The topological polar surface area (TPSA) is 54.4 Å². The summed E-state index contributed by atoms with van der Waals surface area (Å²) >= 11 is 0. The SMILES string of the molecule is C=CC(=O)Cc1ccc(CCC(=O)O)cc1. The molecule has 0 amide bonds. The quantitative estimate of drug-likeness (QED) is 0.743. The molecule has 0 unspecified atom stereocenters. The Balaban J connectivity index is 2.57. The van der Waals surface area contributed by atoms with E-state index in [0.717, 1.165) is 11.1 Å². The van der Waals surface area contributed by atoms with Gasteiger partial charge in [0.15, 0.2) is 5.78 Å². The second kappa shape index (κ2) is 5.85. The number of aliphatic carboxylic acids is 1. The molecule has 3 heteroatoms. The summed E-state index contributed by atoms with van der Waals surface area (Å²) in [4.78, 5) is 21.5. The number of allylic oxidation sites excluding steroid dienone is 1. The number of carboxylic acid groups (broad SMARTS) is 1. The number of carboxylic acids is 1. The van der Waals surface area contributed by atoms with Crippen LogP contribution in [0.3, 0.4) is 0 Å². The van der Waals surface area contributed by atoms with E-state index in [0.29, 0.717) is 12.8 Å². The van der Waals surface area contributed by atoms with E-state index in [1.165, 1.54) is 6.08 Å². The Labute approximate surface area is 94.4 Å². The van der Waals surface area contributed by atoms with Gasteiger partial charge in [0, 0.05) is 12.8 Å². The van der Waals surface area contributed by atoms with Gasteiger partial charge in [0.2, 0.25) is 0 Å². The number of hydrogen-bond donors (Lipinski definition) is 1. The highest BCUT2D eigenvalue weighted by Crippen LogP contribution is 2.08. The molecule has 16 heavy (non-hydrogen) atoms. The van der Waals surface area contributed by atoms with E-state index in [9.17, 15) is 9.59 Å². The number of carbonyl (C=O) groups is 2. The van der Waals surface area contributed by atoms with E-state index < -0.39 is 5.97 Å². The van der Waals surface area contributed by atoms with Crippen molar-refractivity contribution in [1.29, 1.82) is 0 Å². The Morgan fingerprint density at radius 2 is 1.75 bits per heavy atom. The van der Waals surface area contributed by atoms with Crippen LogP contribution in [0.25, 0.3) is 0 Å². The van der Waals surface area contributed by atoms with Crippen molar-refractivity contribution in [3.05, 3.63) is 48.0 Å². The van der Waals surface area contributed by atoms with E-state index in [4.69, 9.17) is 5.11 Å². The summed E-state index contributed by atoms with van der Waals surface area (Å²) in [5, 5.41) is 8.52. The molecule has 1 aromatic carbocycles. The van der Waals surface area contributed by atoms with Crippen molar-refractivity contribution in [3.8, 4) is 0 Å². The fourth-order valence-corrected chi connectivity index (χ4v) is 1.35. The minimum absolute atomic E-state index is 0.0155. The van der Waals surface area contributed by atoms with Crippen LogP contribution in [0.2, 0.25) is 0 Å². The van der Waals surface area contributed by atoms with Gasteiger partial charge in [-0.15, -0.1) is 0 Å². The lowest BCUT2D eigenvalue weighted by Gasteiger charge is -2.01. The summed E-state index contributed by atoms with van der Waals surface area (Å²) in [6.07, 6.45) is 2.30. The maximum Gasteiger partial charge on any atom is 0.303 e. The Morgan fingerprint density at radius 3 is 2.25 bits per heavy atom. The number of hydrogen-bond acceptors (Lipinski definition) is 2. The summed E-state index contributed by atoms with van der Waals surface area (Å²) in [7, 11) is 0. The van der Waals surface area contributed by atoms with Gasteiger partial charge in [0.1, 0.15) is 0 Å². The van der Waals surface area contributed by atoms with E-state index in [2.05, 4.69) is 6.58 Å². The maximum atomic E-state index is 11.1. The molecule has 0 saturated heterocycles. The zero-order valence-electron chi connectivity index (χ0n) is 8.98. The average Bonchev–Trinajstić information content (AvgIpc) is 2.28. The molecule has 1 aromatic rings. The van der Waals surface area contributed by atoms with Crippen molar-refractivity contribution in [2.45, 2.75) is 19.3 Å². The van der Waals surface area contributed by atoms with E-state index in [-0.39, 0.29) is 12.2 Å².